The van der Waals surface area contributed by atoms with E-state index in [4.69, 9.17) is 5.11 Å². The van der Waals surface area contributed by atoms with Crippen LogP contribution in [-0.4, -0.2) is 20.6 Å². The van der Waals surface area contributed by atoms with Gasteiger partial charge >= 0.3 is 5.97 Å². The SMILES string of the molecule is O=C(O)c1nccn1-c1ccccc1Br. The van der Waals surface area contributed by atoms with Gasteiger partial charge in [0.15, 0.2) is 0 Å². The van der Waals surface area contributed by atoms with Gasteiger partial charge in [0.05, 0.1) is 5.69 Å². The number of imidazole rings is 1. The number of para-hydroxylation sites is 1. The number of carboxylic acids is 1. The lowest BCUT2D eigenvalue weighted by molar-refractivity contribution is 0.0681. The first-order chi connectivity index (χ1) is 7.20. The third kappa shape index (κ3) is 1.78. The maximum absolute atomic E-state index is 10.9. The van der Waals surface area contributed by atoms with Crippen LogP contribution in [0.15, 0.2) is 41.1 Å². The second-order valence-electron chi connectivity index (χ2n) is 2.88. The Morgan fingerprint density at radius 1 is 1.40 bits per heavy atom. The Bertz CT molecular complexity index is 508. The van der Waals surface area contributed by atoms with Gasteiger partial charge in [0.2, 0.25) is 5.82 Å². The number of benzene rings is 1. The van der Waals surface area contributed by atoms with Crippen LogP contribution >= 0.6 is 15.9 Å². The fraction of sp³-hybridized carbons (Fsp3) is 0. The van der Waals surface area contributed by atoms with Gasteiger partial charge in [0.1, 0.15) is 0 Å². The molecule has 0 fully saturated rings. The predicted octanol–water partition coefficient (Wildman–Crippen LogP) is 2.33. The maximum Gasteiger partial charge on any atom is 0.372 e. The molecule has 0 unspecified atom stereocenters. The van der Waals surface area contributed by atoms with Crippen LogP contribution in [-0.2, 0) is 0 Å². The van der Waals surface area contributed by atoms with E-state index in [1.165, 1.54) is 10.8 Å². The van der Waals surface area contributed by atoms with Crippen LogP contribution in [0.1, 0.15) is 10.6 Å². The molecular weight excluding hydrogens is 260 g/mol. The van der Waals surface area contributed by atoms with E-state index in [1.54, 1.807) is 6.20 Å². The average Bonchev–Trinajstić information content (AvgIpc) is 2.67. The third-order valence-corrected chi connectivity index (χ3v) is 2.61. The standard InChI is InChI=1S/C10H7BrN2O2/c11-7-3-1-2-4-8(7)13-6-5-12-9(13)10(14)15/h1-6H,(H,14,15). The number of hydrogen-bond acceptors (Lipinski definition) is 2. The summed E-state index contributed by atoms with van der Waals surface area (Å²) in [5.41, 5.74) is 0.757. The van der Waals surface area contributed by atoms with Gasteiger partial charge in [-0.3, -0.25) is 4.57 Å². The van der Waals surface area contributed by atoms with Crippen molar-refractivity contribution >= 4 is 21.9 Å². The average molecular weight is 267 g/mol. The Balaban J connectivity index is 2.59. The maximum atomic E-state index is 10.9. The molecule has 15 heavy (non-hydrogen) atoms. The minimum absolute atomic E-state index is 0.00176. The zero-order chi connectivity index (χ0) is 10.8. The summed E-state index contributed by atoms with van der Waals surface area (Å²) in [7, 11) is 0. The van der Waals surface area contributed by atoms with Crippen LogP contribution in [0, 0.1) is 0 Å². The number of aromatic nitrogens is 2. The topological polar surface area (TPSA) is 55.1 Å². The summed E-state index contributed by atoms with van der Waals surface area (Å²) in [6, 6.07) is 7.37. The molecule has 0 amide bonds. The fourth-order valence-corrected chi connectivity index (χ4v) is 1.78. The third-order valence-electron chi connectivity index (χ3n) is 1.94. The highest BCUT2D eigenvalue weighted by atomic mass is 79.9. The van der Waals surface area contributed by atoms with Gasteiger partial charge in [-0.1, -0.05) is 12.1 Å². The number of carbonyl (C=O) groups is 1. The van der Waals surface area contributed by atoms with Gasteiger partial charge in [-0.05, 0) is 28.1 Å². The van der Waals surface area contributed by atoms with Gasteiger partial charge < -0.3 is 5.11 Å². The van der Waals surface area contributed by atoms with E-state index < -0.39 is 5.97 Å². The number of hydrogen-bond donors (Lipinski definition) is 1. The first kappa shape index (κ1) is 9.92. The zero-order valence-electron chi connectivity index (χ0n) is 7.59. The van der Waals surface area contributed by atoms with Crippen molar-refractivity contribution in [3.05, 3.63) is 47.0 Å². The summed E-state index contributed by atoms with van der Waals surface area (Å²) >= 11 is 3.36. The van der Waals surface area contributed by atoms with Crippen LogP contribution < -0.4 is 0 Å². The molecule has 0 bridgehead atoms. The Hall–Kier alpha value is -1.62. The molecule has 1 aromatic carbocycles. The minimum Gasteiger partial charge on any atom is -0.475 e. The first-order valence-corrected chi connectivity index (χ1v) is 5.01. The molecule has 76 valence electrons. The normalized spacial score (nSPS) is 10.2. The summed E-state index contributed by atoms with van der Waals surface area (Å²) < 4.78 is 2.34. The molecule has 0 aliphatic rings. The lowest BCUT2D eigenvalue weighted by Gasteiger charge is -2.06. The molecule has 0 atom stereocenters. The van der Waals surface area contributed by atoms with Crippen molar-refractivity contribution < 1.29 is 9.90 Å². The van der Waals surface area contributed by atoms with Gasteiger partial charge in [0, 0.05) is 16.9 Å². The number of carboxylic acid groups (broad SMARTS) is 1. The Morgan fingerprint density at radius 3 is 2.80 bits per heavy atom. The largest absolute Gasteiger partial charge is 0.475 e. The lowest BCUT2D eigenvalue weighted by Crippen LogP contribution is -2.07. The Labute approximate surface area is 94.3 Å². The smallest absolute Gasteiger partial charge is 0.372 e. The molecule has 0 saturated heterocycles. The molecule has 2 aromatic rings. The fourth-order valence-electron chi connectivity index (χ4n) is 1.30. The van der Waals surface area contributed by atoms with Crippen LogP contribution in [0.3, 0.4) is 0 Å². The molecule has 1 N–H and O–H groups in total. The van der Waals surface area contributed by atoms with Crippen LogP contribution in [0.25, 0.3) is 5.69 Å². The van der Waals surface area contributed by atoms with E-state index in [0.29, 0.717) is 0 Å². The van der Waals surface area contributed by atoms with Gasteiger partial charge in [-0.15, -0.1) is 0 Å². The number of halogens is 1. The molecule has 0 aliphatic heterocycles. The van der Waals surface area contributed by atoms with Crippen LogP contribution in [0.4, 0.5) is 0 Å². The molecule has 0 radical (unpaired) electrons. The molecule has 2 rings (SSSR count). The van der Waals surface area contributed by atoms with Crippen molar-refractivity contribution in [2.45, 2.75) is 0 Å². The molecule has 0 aliphatic carbocycles. The lowest BCUT2D eigenvalue weighted by atomic mass is 10.3. The number of aromatic carboxylic acids is 1. The van der Waals surface area contributed by atoms with Crippen LogP contribution in [0.2, 0.25) is 0 Å². The summed E-state index contributed by atoms with van der Waals surface area (Å²) in [6.07, 6.45) is 3.08. The molecular formula is C10H7BrN2O2. The second-order valence-corrected chi connectivity index (χ2v) is 3.73. The van der Waals surface area contributed by atoms with Gasteiger partial charge in [0.25, 0.3) is 0 Å². The van der Waals surface area contributed by atoms with E-state index in [2.05, 4.69) is 20.9 Å². The second kappa shape index (κ2) is 3.86. The molecule has 1 heterocycles. The van der Waals surface area contributed by atoms with E-state index in [1.807, 2.05) is 24.3 Å². The van der Waals surface area contributed by atoms with Crippen molar-refractivity contribution in [2.75, 3.05) is 0 Å². The van der Waals surface area contributed by atoms with Gasteiger partial charge in [-0.25, -0.2) is 9.78 Å². The Morgan fingerprint density at radius 2 is 2.13 bits per heavy atom. The van der Waals surface area contributed by atoms with Crippen molar-refractivity contribution in [3.8, 4) is 5.69 Å². The van der Waals surface area contributed by atoms with Crippen molar-refractivity contribution in [3.63, 3.8) is 0 Å². The van der Waals surface area contributed by atoms with E-state index in [9.17, 15) is 4.79 Å². The quantitative estimate of drug-likeness (QED) is 0.908. The molecule has 0 saturated carbocycles. The van der Waals surface area contributed by atoms with Crippen molar-refractivity contribution in [2.24, 2.45) is 0 Å². The number of rotatable bonds is 2. The van der Waals surface area contributed by atoms with E-state index >= 15 is 0 Å². The summed E-state index contributed by atoms with van der Waals surface area (Å²) in [5, 5.41) is 8.91. The highest BCUT2D eigenvalue weighted by Crippen LogP contribution is 2.21. The zero-order valence-corrected chi connectivity index (χ0v) is 9.18. The summed E-state index contributed by atoms with van der Waals surface area (Å²) in [5.74, 6) is -1.04. The minimum atomic E-state index is -1.05. The van der Waals surface area contributed by atoms with Crippen LogP contribution in [0.5, 0.6) is 0 Å². The van der Waals surface area contributed by atoms with Crippen molar-refractivity contribution in [1.82, 2.24) is 9.55 Å². The molecule has 0 spiro atoms. The highest BCUT2D eigenvalue weighted by molar-refractivity contribution is 9.10. The van der Waals surface area contributed by atoms with E-state index in [-0.39, 0.29) is 5.82 Å². The van der Waals surface area contributed by atoms with Crippen molar-refractivity contribution in [1.29, 1.82) is 0 Å². The predicted molar refractivity (Wildman–Crippen MR) is 58.2 cm³/mol. The molecule has 1 aromatic heterocycles. The summed E-state index contributed by atoms with van der Waals surface area (Å²) in [4.78, 5) is 14.6. The first-order valence-electron chi connectivity index (χ1n) is 4.21. The highest BCUT2D eigenvalue weighted by Gasteiger charge is 2.13. The Kier molecular flexibility index (Phi) is 2.55. The molecule has 4 nitrogen and oxygen atoms in total. The van der Waals surface area contributed by atoms with E-state index in [0.717, 1.165) is 10.2 Å². The summed E-state index contributed by atoms with van der Waals surface area (Å²) in [6.45, 7) is 0. The number of nitrogens with zero attached hydrogens (tertiary/aromatic N) is 2. The monoisotopic (exact) mass is 266 g/mol. The van der Waals surface area contributed by atoms with Gasteiger partial charge in [-0.2, -0.15) is 0 Å². The molecule has 5 heteroatoms.